The summed E-state index contributed by atoms with van der Waals surface area (Å²) in [4.78, 5) is 27.5. The summed E-state index contributed by atoms with van der Waals surface area (Å²) in [7, 11) is 0. The Hall–Kier alpha value is -4.19. The summed E-state index contributed by atoms with van der Waals surface area (Å²) in [5.41, 5.74) is 4.11. The molecule has 0 radical (unpaired) electrons. The van der Waals surface area contributed by atoms with Gasteiger partial charge in [0.1, 0.15) is 17.0 Å². The molecule has 2 amide bonds. The van der Waals surface area contributed by atoms with Gasteiger partial charge in [-0.1, -0.05) is 65.8 Å². The molecule has 4 aromatic rings. The summed E-state index contributed by atoms with van der Waals surface area (Å²) in [5.74, 6) is 0.180. The average Bonchev–Trinajstić information content (AvgIpc) is 3.23. The summed E-state index contributed by atoms with van der Waals surface area (Å²) in [6, 6.07) is 26.4. The average molecular weight is 440 g/mol. The van der Waals surface area contributed by atoms with Crippen LogP contribution in [0.1, 0.15) is 28.6 Å². The molecule has 0 saturated carbocycles. The van der Waals surface area contributed by atoms with Crippen molar-refractivity contribution in [3.8, 4) is 11.3 Å². The van der Waals surface area contributed by atoms with Crippen LogP contribution in [0.15, 0.2) is 89.5 Å². The normalized spacial score (nSPS) is 10.6. The van der Waals surface area contributed by atoms with E-state index in [9.17, 15) is 9.59 Å². The predicted octanol–water partition coefficient (Wildman–Crippen LogP) is 5.50. The van der Waals surface area contributed by atoms with Gasteiger partial charge in [-0.05, 0) is 43.7 Å². The Morgan fingerprint density at radius 3 is 2.18 bits per heavy atom. The molecule has 0 atom stereocenters. The molecule has 1 N–H and O–H groups in total. The highest BCUT2D eigenvalue weighted by Crippen LogP contribution is 2.26. The SMILES string of the molecule is CCN(C(=O)Cc1ccc(NC(=O)c2c(-c3ccccc3)noc2C)cc1)c1ccccc1. The van der Waals surface area contributed by atoms with Crippen LogP contribution < -0.4 is 10.2 Å². The highest BCUT2D eigenvalue weighted by molar-refractivity contribution is 6.08. The van der Waals surface area contributed by atoms with E-state index in [0.29, 0.717) is 29.2 Å². The molecule has 0 aliphatic heterocycles. The molecule has 4 rings (SSSR count). The number of nitrogens with one attached hydrogen (secondary N) is 1. The molecular formula is C27H25N3O3. The van der Waals surface area contributed by atoms with Crippen molar-refractivity contribution in [2.24, 2.45) is 0 Å². The lowest BCUT2D eigenvalue weighted by Gasteiger charge is -2.21. The van der Waals surface area contributed by atoms with Crippen LogP contribution in [0, 0.1) is 6.92 Å². The first-order valence-electron chi connectivity index (χ1n) is 10.8. The largest absolute Gasteiger partial charge is 0.360 e. The number of carbonyl (C=O) groups is 2. The number of rotatable bonds is 7. The lowest BCUT2D eigenvalue weighted by atomic mass is 10.1. The Bertz CT molecular complexity index is 1230. The second kappa shape index (κ2) is 9.96. The quantitative estimate of drug-likeness (QED) is 0.413. The van der Waals surface area contributed by atoms with Gasteiger partial charge in [-0.25, -0.2) is 0 Å². The molecule has 0 fully saturated rings. The minimum absolute atomic E-state index is 0.0214. The minimum atomic E-state index is -0.294. The van der Waals surface area contributed by atoms with E-state index >= 15 is 0 Å². The van der Waals surface area contributed by atoms with Gasteiger partial charge in [0.2, 0.25) is 5.91 Å². The van der Waals surface area contributed by atoms with Gasteiger partial charge in [-0.3, -0.25) is 9.59 Å². The van der Waals surface area contributed by atoms with E-state index < -0.39 is 0 Å². The molecule has 3 aromatic carbocycles. The molecule has 0 unspecified atom stereocenters. The minimum Gasteiger partial charge on any atom is -0.360 e. The zero-order chi connectivity index (χ0) is 23.2. The van der Waals surface area contributed by atoms with Crippen molar-refractivity contribution in [2.45, 2.75) is 20.3 Å². The number of hydrogen-bond acceptors (Lipinski definition) is 4. The maximum atomic E-state index is 13.0. The zero-order valence-electron chi connectivity index (χ0n) is 18.6. The number of para-hydroxylation sites is 1. The number of aryl methyl sites for hydroxylation is 1. The van der Waals surface area contributed by atoms with Crippen molar-refractivity contribution >= 4 is 23.2 Å². The van der Waals surface area contributed by atoms with Crippen molar-refractivity contribution in [1.82, 2.24) is 5.16 Å². The van der Waals surface area contributed by atoms with Crippen LogP contribution in [-0.4, -0.2) is 23.5 Å². The van der Waals surface area contributed by atoms with E-state index in [1.165, 1.54) is 0 Å². The Morgan fingerprint density at radius 1 is 0.909 bits per heavy atom. The molecule has 6 heteroatoms. The van der Waals surface area contributed by atoms with Gasteiger partial charge in [0.15, 0.2) is 0 Å². The molecule has 0 spiro atoms. The molecular weight excluding hydrogens is 414 g/mol. The first kappa shape index (κ1) is 22.0. The number of anilines is 2. The van der Waals surface area contributed by atoms with E-state index in [1.807, 2.05) is 79.7 Å². The molecule has 0 aliphatic carbocycles. The second-order valence-electron chi connectivity index (χ2n) is 7.63. The van der Waals surface area contributed by atoms with Crippen LogP contribution in [-0.2, 0) is 11.2 Å². The number of aromatic nitrogens is 1. The van der Waals surface area contributed by atoms with Crippen LogP contribution in [0.25, 0.3) is 11.3 Å². The van der Waals surface area contributed by atoms with E-state index in [1.54, 1.807) is 24.0 Å². The highest BCUT2D eigenvalue weighted by atomic mass is 16.5. The van der Waals surface area contributed by atoms with Crippen LogP contribution in [0.3, 0.4) is 0 Å². The van der Waals surface area contributed by atoms with Crippen molar-refractivity contribution in [3.05, 3.63) is 102 Å². The summed E-state index contributed by atoms with van der Waals surface area (Å²) >= 11 is 0. The molecule has 33 heavy (non-hydrogen) atoms. The summed E-state index contributed by atoms with van der Waals surface area (Å²) in [6.07, 6.45) is 0.278. The van der Waals surface area contributed by atoms with Crippen molar-refractivity contribution < 1.29 is 14.1 Å². The first-order valence-corrected chi connectivity index (χ1v) is 10.8. The van der Waals surface area contributed by atoms with Crippen molar-refractivity contribution in [3.63, 3.8) is 0 Å². The Kier molecular flexibility index (Phi) is 6.64. The fraction of sp³-hybridized carbons (Fsp3) is 0.148. The van der Waals surface area contributed by atoms with Gasteiger partial charge in [0.05, 0.1) is 6.42 Å². The molecule has 0 saturated heterocycles. The van der Waals surface area contributed by atoms with Crippen LogP contribution in [0.2, 0.25) is 0 Å². The summed E-state index contributed by atoms with van der Waals surface area (Å²) < 4.78 is 5.29. The van der Waals surface area contributed by atoms with E-state index in [2.05, 4.69) is 10.5 Å². The van der Waals surface area contributed by atoms with Crippen LogP contribution >= 0.6 is 0 Å². The van der Waals surface area contributed by atoms with Gasteiger partial charge in [-0.15, -0.1) is 0 Å². The van der Waals surface area contributed by atoms with Gasteiger partial charge >= 0.3 is 0 Å². The smallest absolute Gasteiger partial charge is 0.261 e. The zero-order valence-corrected chi connectivity index (χ0v) is 18.6. The van der Waals surface area contributed by atoms with Crippen LogP contribution in [0.5, 0.6) is 0 Å². The molecule has 6 nitrogen and oxygen atoms in total. The molecule has 0 bridgehead atoms. The maximum Gasteiger partial charge on any atom is 0.261 e. The van der Waals surface area contributed by atoms with Gasteiger partial charge < -0.3 is 14.7 Å². The number of benzene rings is 3. The molecule has 166 valence electrons. The fourth-order valence-electron chi connectivity index (χ4n) is 3.71. The first-order chi connectivity index (χ1) is 16.1. The van der Waals surface area contributed by atoms with Gasteiger partial charge in [-0.2, -0.15) is 0 Å². The van der Waals surface area contributed by atoms with Gasteiger partial charge in [0.25, 0.3) is 5.91 Å². The Balaban J connectivity index is 1.45. The summed E-state index contributed by atoms with van der Waals surface area (Å²) in [5, 5.41) is 6.97. The van der Waals surface area contributed by atoms with Gasteiger partial charge in [0, 0.05) is 23.5 Å². The third-order valence-electron chi connectivity index (χ3n) is 5.39. The van der Waals surface area contributed by atoms with Crippen molar-refractivity contribution in [2.75, 3.05) is 16.8 Å². The van der Waals surface area contributed by atoms with Crippen LogP contribution in [0.4, 0.5) is 11.4 Å². The molecule has 1 heterocycles. The monoisotopic (exact) mass is 439 g/mol. The fourth-order valence-corrected chi connectivity index (χ4v) is 3.71. The molecule has 1 aromatic heterocycles. The third kappa shape index (κ3) is 5.01. The lowest BCUT2D eigenvalue weighted by molar-refractivity contribution is -0.117. The third-order valence-corrected chi connectivity index (χ3v) is 5.39. The number of amides is 2. The second-order valence-corrected chi connectivity index (χ2v) is 7.63. The lowest BCUT2D eigenvalue weighted by Crippen LogP contribution is -2.31. The Labute approximate surface area is 192 Å². The summed E-state index contributed by atoms with van der Waals surface area (Å²) in [6.45, 7) is 4.27. The standard InChI is InChI=1S/C27H25N3O3/c1-3-30(23-12-8-5-9-13-23)24(31)18-20-14-16-22(17-15-20)28-27(32)25-19(2)33-29-26(25)21-10-6-4-7-11-21/h4-17H,3,18H2,1-2H3,(H,28,32). The molecule has 0 aliphatic rings. The predicted molar refractivity (Wildman–Crippen MR) is 129 cm³/mol. The van der Waals surface area contributed by atoms with E-state index in [4.69, 9.17) is 4.52 Å². The van der Waals surface area contributed by atoms with E-state index in [-0.39, 0.29) is 18.2 Å². The topological polar surface area (TPSA) is 75.4 Å². The highest BCUT2D eigenvalue weighted by Gasteiger charge is 2.21. The van der Waals surface area contributed by atoms with E-state index in [0.717, 1.165) is 16.8 Å². The Morgan fingerprint density at radius 2 is 1.55 bits per heavy atom. The number of carbonyl (C=O) groups excluding carboxylic acids is 2. The van der Waals surface area contributed by atoms with Crippen molar-refractivity contribution in [1.29, 1.82) is 0 Å². The maximum absolute atomic E-state index is 13.0. The number of hydrogen-bond donors (Lipinski definition) is 1. The number of nitrogens with zero attached hydrogens (tertiary/aromatic N) is 2. The number of likely N-dealkylation sites (N-methyl/N-ethyl adjacent to an activating group) is 1.